The molecule has 0 aliphatic heterocycles. The number of fused-ring (bicyclic) bond motifs is 3. The molecule has 3 rings (SSSR count). The van der Waals surface area contributed by atoms with Gasteiger partial charge in [-0.25, -0.2) is 0 Å². The summed E-state index contributed by atoms with van der Waals surface area (Å²) >= 11 is 16.8. The molecule has 0 spiro atoms. The second kappa shape index (κ2) is 5.93. The van der Waals surface area contributed by atoms with E-state index in [-0.39, 0.29) is 11.6 Å². The highest BCUT2D eigenvalue weighted by Gasteiger charge is 2.36. The molecule has 1 aromatic carbocycles. The lowest BCUT2D eigenvalue weighted by Crippen LogP contribution is -2.39. The van der Waals surface area contributed by atoms with Crippen LogP contribution in [0.2, 0.25) is 0 Å². The fourth-order valence-corrected chi connectivity index (χ4v) is 3.26. The number of ketones is 2. The molecular weight excluding hydrogens is 361 g/mol. The SMILES string of the molecule is O=C1C=CC(=O)c2c1ccc1c2C(NC(=O)C(Cl)(Cl)Cl)CCC1. The van der Waals surface area contributed by atoms with E-state index in [0.717, 1.165) is 18.4 Å². The topological polar surface area (TPSA) is 63.2 Å². The van der Waals surface area contributed by atoms with Gasteiger partial charge in [-0.3, -0.25) is 14.4 Å². The molecule has 2 aliphatic carbocycles. The monoisotopic (exact) mass is 371 g/mol. The van der Waals surface area contributed by atoms with Crippen LogP contribution in [0.5, 0.6) is 0 Å². The number of benzene rings is 1. The summed E-state index contributed by atoms with van der Waals surface area (Å²) in [5.74, 6) is -1.21. The van der Waals surface area contributed by atoms with Crippen LogP contribution in [0.4, 0.5) is 0 Å². The Morgan fingerprint density at radius 2 is 1.83 bits per heavy atom. The van der Waals surface area contributed by atoms with E-state index >= 15 is 0 Å². The van der Waals surface area contributed by atoms with Gasteiger partial charge < -0.3 is 5.32 Å². The van der Waals surface area contributed by atoms with Crippen molar-refractivity contribution in [3.05, 3.63) is 46.5 Å². The summed E-state index contributed by atoms with van der Waals surface area (Å²) in [6, 6.07) is 3.03. The first-order chi connectivity index (χ1) is 10.8. The van der Waals surface area contributed by atoms with E-state index in [1.807, 2.05) is 6.07 Å². The van der Waals surface area contributed by atoms with Crippen LogP contribution < -0.4 is 5.32 Å². The average Bonchev–Trinajstić information content (AvgIpc) is 2.49. The van der Waals surface area contributed by atoms with E-state index in [0.29, 0.717) is 23.1 Å². The standard InChI is InChI=1S/C16H12Cl3NO3/c17-16(18,19)15(23)20-10-3-1-2-8-4-5-9-11(21)6-7-12(22)14(9)13(8)10/h4-7,10H,1-3H2,(H,20,23). The molecular formula is C16H12Cl3NO3. The number of halogens is 3. The summed E-state index contributed by atoms with van der Waals surface area (Å²) in [6.45, 7) is 0. The molecule has 1 aromatic rings. The number of carbonyl (C=O) groups is 3. The van der Waals surface area contributed by atoms with Crippen molar-refractivity contribution in [3.63, 3.8) is 0 Å². The first kappa shape index (κ1) is 16.5. The Kier molecular flexibility index (Phi) is 4.25. The molecule has 7 heteroatoms. The van der Waals surface area contributed by atoms with Gasteiger partial charge in [0.25, 0.3) is 9.70 Å². The van der Waals surface area contributed by atoms with Crippen LogP contribution in [0.1, 0.15) is 50.7 Å². The molecule has 0 fully saturated rings. The summed E-state index contributed by atoms with van der Waals surface area (Å²) in [5, 5.41) is 2.68. The van der Waals surface area contributed by atoms with Gasteiger partial charge >= 0.3 is 0 Å². The molecule has 23 heavy (non-hydrogen) atoms. The largest absolute Gasteiger partial charge is 0.346 e. The van der Waals surface area contributed by atoms with Crippen molar-refractivity contribution in [3.8, 4) is 0 Å². The highest BCUT2D eigenvalue weighted by molar-refractivity contribution is 6.76. The third-order valence-electron chi connectivity index (χ3n) is 4.08. The summed E-state index contributed by atoms with van der Waals surface area (Å²) in [6.07, 6.45) is 4.73. The van der Waals surface area contributed by atoms with Gasteiger partial charge in [-0.15, -0.1) is 0 Å². The molecule has 0 radical (unpaired) electrons. The fraction of sp³-hybridized carbons (Fsp3) is 0.312. The zero-order chi connectivity index (χ0) is 16.8. The first-order valence-corrected chi connectivity index (χ1v) is 8.22. The number of aryl methyl sites for hydroxylation is 1. The molecule has 2 aliphatic rings. The van der Waals surface area contributed by atoms with Crippen molar-refractivity contribution >= 4 is 52.3 Å². The van der Waals surface area contributed by atoms with E-state index in [1.165, 1.54) is 12.2 Å². The number of nitrogens with one attached hydrogen (secondary N) is 1. The molecule has 4 nitrogen and oxygen atoms in total. The van der Waals surface area contributed by atoms with Crippen LogP contribution in [0.25, 0.3) is 0 Å². The van der Waals surface area contributed by atoms with Crippen molar-refractivity contribution in [2.75, 3.05) is 0 Å². The number of alkyl halides is 3. The van der Waals surface area contributed by atoms with Crippen molar-refractivity contribution in [1.29, 1.82) is 0 Å². The summed E-state index contributed by atoms with van der Waals surface area (Å²) in [4.78, 5) is 36.3. The maximum atomic E-state index is 12.3. The molecule has 0 saturated heterocycles. The lowest BCUT2D eigenvalue weighted by atomic mass is 9.79. The number of allylic oxidation sites excluding steroid dienone is 2. The van der Waals surface area contributed by atoms with Crippen LogP contribution in [0, 0.1) is 0 Å². The maximum absolute atomic E-state index is 12.3. The molecule has 1 unspecified atom stereocenters. The minimum atomic E-state index is -2.08. The smallest absolute Gasteiger partial charge is 0.272 e. The van der Waals surface area contributed by atoms with E-state index in [9.17, 15) is 14.4 Å². The lowest BCUT2D eigenvalue weighted by molar-refractivity contribution is -0.121. The van der Waals surface area contributed by atoms with Gasteiger partial charge in [-0.05, 0) is 42.5 Å². The van der Waals surface area contributed by atoms with Crippen molar-refractivity contribution in [2.24, 2.45) is 0 Å². The average molecular weight is 373 g/mol. The van der Waals surface area contributed by atoms with E-state index < -0.39 is 15.7 Å². The Morgan fingerprint density at radius 1 is 1.13 bits per heavy atom. The van der Waals surface area contributed by atoms with Crippen LogP contribution in [0.15, 0.2) is 24.3 Å². The Bertz CT molecular complexity index is 750. The fourth-order valence-electron chi connectivity index (χ4n) is 3.10. The lowest BCUT2D eigenvalue weighted by Gasteiger charge is -2.30. The highest BCUT2D eigenvalue weighted by Crippen LogP contribution is 2.37. The maximum Gasteiger partial charge on any atom is 0.272 e. The van der Waals surface area contributed by atoms with Gasteiger partial charge in [-0.1, -0.05) is 46.9 Å². The Hall–Kier alpha value is -1.36. The molecule has 0 heterocycles. The number of hydrogen-bond donors (Lipinski definition) is 1. The third kappa shape index (κ3) is 3.03. The highest BCUT2D eigenvalue weighted by atomic mass is 35.6. The van der Waals surface area contributed by atoms with Gasteiger partial charge in [0.1, 0.15) is 0 Å². The van der Waals surface area contributed by atoms with Gasteiger partial charge in [0.2, 0.25) is 0 Å². The van der Waals surface area contributed by atoms with Gasteiger partial charge in [0.15, 0.2) is 11.6 Å². The number of carbonyl (C=O) groups excluding carboxylic acids is 3. The van der Waals surface area contributed by atoms with E-state index in [2.05, 4.69) is 5.32 Å². The predicted octanol–water partition coefficient (Wildman–Crippen LogP) is 3.49. The predicted molar refractivity (Wildman–Crippen MR) is 88.4 cm³/mol. The zero-order valence-electron chi connectivity index (χ0n) is 11.9. The Labute approximate surface area is 147 Å². The van der Waals surface area contributed by atoms with Gasteiger partial charge in [0.05, 0.1) is 6.04 Å². The minimum Gasteiger partial charge on any atom is -0.346 e. The minimum absolute atomic E-state index is 0.223. The normalized spacial score (nSPS) is 20.0. The van der Waals surface area contributed by atoms with Crippen LogP contribution in [-0.4, -0.2) is 21.3 Å². The summed E-state index contributed by atoms with van der Waals surface area (Å²) in [5.41, 5.74) is 2.30. The molecule has 1 amide bonds. The van der Waals surface area contributed by atoms with Gasteiger partial charge in [-0.2, -0.15) is 0 Å². The molecule has 0 bridgehead atoms. The molecule has 1 atom stereocenters. The van der Waals surface area contributed by atoms with Crippen molar-refractivity contribution in [2.45, 2.75) is 29.1 Å². The Balaban J connectivity index is 2.08. The van der Waals surface area contributed by atoms with E-state index in [1.54, 1.807) is 6.07 Å². The number of rotatable bonds is 1. The van der Waals surface area contributed by atoms with Crippen LogP contribution >= 0.6 is 34.8 Å². The number of hydrogen-bond acceptors (Lipinski definition) is 3. The molecule has 0 aromatic heterocycles. The van der Waals surface area contributed by atoms with Gasteiger partial charge in [0, 0.05) is 11.1 Å². The quantitative estimate of drug-likeness (QED) is 0.768. The Morgan fingerprint density at radius 3 is 2.52 bits per heavy atom. The van der Waals surface area contributed by atoms with Crippen LogP contribution in [-0.2, 0) is 11.2 Å². The van der Waals surface area contributed by atoms with Crippen molar-refractivity contribution in [1.82, 2.24) is 5.32 Å². The molecule has 1 N–H and O–H groups in total. The zero-order valence-corrected chi connectivity index (χ0v) is 14.1. The second-order valence-corrected chi connectivity index (χ2v) is 7.82. The van der Waals surface area contributed by atoms with Crippen LogP contribution in [0.3, 0.4) is 0 Å². The number of amides is 1. The summed E-state index contributed by atoms with van der Waals surface area (Å²) < 4.78 is -2.08. The summed E-state index contributed by atoms with van der Waals surface area (Å²) in [7, 11) is 0. The second-order valence-electron chi connectivity index (χ2n) is 5.54. The van der Waals surface area contributed by atoms with Crippen molar-refractivity contribution < 1.29 is 14.4 Å². The van der Waals surface area contributed by atoms with E-state index in [4.69, 9.17) is 34.8 Å². The molecule has 120 valence electrons. The third-order valence-corrected chi connectivity index (χ3v) is 4.60. The first-order valence-electron chi connectivity index (χ1n) is 7.09. The molecule has 0 saturated carbocycles.